The van der Waals surface area contributed by atoms with Crippen molar-refractivity contribution in [3.8, 4) is 11.5 Å². The topological polar surface area (TPSA) is 94.3 Å². The number of rotatable bonds is 6. The number of benzene rings is 1. The molecule has 13 heteroatoms. The van der Waals surface area contributed by atoms with E-state index >= 15 is 0 Å². The fraction of sp³-hybridized carbons (Fsp3) is 0.600. The Morgan fingerprint density at radius 1 is 1.00 bits per heavy atom. The molecule has 6 nitrogen and oxygen atoms in total. The van der Waals surface area contributed by atoms with Crippen molar-refractivity contribution in [2.45, 2.75) is 38.5 Å². The smallest absolute Gasteiger partial charge is 0.435 e. The van der Waals surface area contributed by atoms with Crippen LogP contribution in [0.4, 0.5) is 26.3 Å². The van der Waals surface area contributed by atoms with E-state index in [0.29, 0.717) is 6.07 Å². The second kappa shape index (κ2) is 9.82. The summed E-state index contributed by atoms with van der Waals surface area (Å²) in [6.07, 6.45) is -13.2. The van der Waals surface area contributed by atoms with Crippen molar-refractivity contribution in [2.75, 3.05) is 19.6 Å². The van der Waals surface area contributed by atoms with Gasteiger partial charge in [0.2, 0.25) is 7.60 Å². The van der Waals surface area contributed by atoms with E-state index in [4.69, 9.17) is 10.2 Å². The third-order valence-corrected chi connectivity index (χ3v) is 5.51. The number of alkyl halides is 6. The summed E-state index contributed by atoms with van der Waals surface area (Å²) in [4.78, 5) is 13.0. The zero-order valence-corrected chi connectivity index (χ0v) is 16.2. The highest BCUT2D eigenvalue weighted by Crippen LogP contribution is 2.64. The van der Waals surface area contributed by atoms with E-state index in [2.05, 4.69) is 25.3 Å². The lowest BCUT2D eigenvalue weighted by Gasteiger charge is -2.41. The Morgan fingerprint density at radius 2 is 1.39 bits per heavy atom. The number of phenols is 1. The molecule has 1 atom stereocenters. The van der Waals surface area contributed by atoms with Crippen LogP contribution in [-0.4, -0.2) is 47.5 Å². The van der Waals surface area contributed by atoms with Crippen LogP contribution in [0.15, 0.2) is 24.3 Å². The molecule has 1 rings (SSSR count). The van der Waals surface area contributed by atoms with Gasteiger partial charge in [0.1, 0.15) is 0 Å². The maximum Gasteiger partial charge on any atom is 0.435 e. The Kier molecular flexibility index (Phi) is 9.29. The molecule has 1 aromatic rings. The Balaban J connectivity index is 0.000000887. The minimum absolute atomic E-state index is 0.604. The Bertz CT molecular complexity index is 644. The van der Waals surface area contributed by atoms with Crippen LogP contribution in [0.1, 0.15) is 20.8 Å². The lowest BCUT2D eigenvalue weighted by atomic mass is 10.3. The van der Waals surface area contributed by atoms with Crippen LogP contribution in [0.5, 0.6) is 11.5 Å². The first-order valence-corrected chi connectivity index (χ1v) is 9.61. The van der Waals surface area contributed by atoms with Crippen molar-refractivity contribution in [3.05, 3.63) is 24.3 Å². The lowest BCUT2D eigenvalue weighted by molar-refractivity contribution is -0.894. The summed E-state index contributed by atoms with van der Waals surface area (Å²) in [5.74, 6) is -2.22. The maximum atomic E-state index is 12.4. The van der Waals surface area contributed by atoms with Gasteiger partial charge in [0.15, 0.2) is 11.5 Å². The van der Waals surface area contributed by atoms with Crippen molar-refractivity contribution in [2.24, 2.45) is 0 Å². The number of quaternary nitrogens is 1. The fourth-order valence-electron chi connectivity index (χ4n) is 1.95. The number of para-hydroxylation sites is 2. The molecule has 0 amide bonds. The minimum atomic E-state index is -7.01. The summed E-state index contributed by atoms with van der Waals surface area (Å²) >= 11 is 0. The molecular formula is C15H22F6NO5P. The quantitative estimate of drug-likeness (QED) is 0.464. The van der Waals surface area contributed by atoms with Gasteiger partial charge >= 0.3 is 17.7 Å². The molecule has 1 aromatic carbocycles. The van der Waals surface area contributed by atoms with Gasteiger partial charge in [-0.15, -0.1) is 0 Å². The highest BCUT2D eigenvalue weighted by atomic mass is 31.2. The number of aromatic hydroxyl groups is 1. The number of aliphatic hydroxyl groups is 1. The first-order chi connectivity index (χ1) is 12.6. The van der Waals surface area contributed by atoms with Gasteiger partial charge < -0.3 is 24.5 Å². The van der Waals surface area contributed by atoms with Crippen molar-refractivity contribution in [1.29, 1.82) is 0 Å². The Hall–Kier alpha value is -1.49. The van der Waals surface area contributed by atoms with E-state index < -0.39 is 36.8 Å². The van der Waals surface area contributed by atoms with Crippen LogP contribution < -0.4 is 14.3 Å². The SMILES string of the molecule is CC[NH+](CC)CC.O=P([O-])(Oc1ccccc1O)C(O)(C(F)(F)F)C(F)(F)F. The molecule has 0 fully saturated rings. The predicted octanol–water partition coefficient (Wildman–Crippen LogP) is 2.07. The zero-order chi connectivity index (χ0) is 22.4. The minimum Gasteiger partial charge on any atom is -0.766 e. The first kappa shape index (κ1) is 26.5. The second-order valence-electron chi connectivity index (χ2n) is 5.53. The van der Waals surface area contributed by atoms with Gasteiger partial charge in [0.05, 0.1) is 19.6 Å². The van der Waals surface area contributed by atoms with Crippen LogP contribution in [0, 0.1) is 0 Å². The summed E-state index contributed by atoms with van der Waals surface area (Å²) in [6.45, 7) is 10.5. The third kappa shape index (κ3) is 6.00. The molecule has 0 heterocycles. The van der Waals surface area contributed by atoms with Gasteiger partial charge in [-0.1, -0.05) is 12.1 Å². The molecule has 1 unspecified atom stereocenters. The van der Waals surface area contributed by atoms with Crippen molar-refractivity contribution < 1.29 is 55.4 Å². The van der Waals surface area contributed by atoms with Gasteiger partial charge in [-0.05, 0) is 32.9 Å². The van der Waals surface area contributed by atoms with Gasteiger partial charge in [-0.3, -0.25) is 4.57 Å². The third-order valence-electron chi connectivity index (χ3n) is 3.77. The van der Waals surface area contributed by atoms with E-state index in [0.717, 1.165) is 18.2 Å². The molecule has 0 saturated carbocycles. The normalized spacial score (nSPS) is 14.9. The van der Waals surface area contributed by atoms with Gasteiger partial charge in [0.25, 0.3) is 0 Å². The molecule has 3 N–H and O–H groups in total. The van der Waals surface area contributed by atoms with E-state index in [9.17, 15) is 35.8 Å². The largest absolute Gasteiger partial charge is 0.766 e. The predicted molar refractivity (Wildman–Crippen MR) is 86.0 cm³/mol. The first-order valence-electron chi connectivity index (χ1n) is 8.07. The van der Waals surface area contributed by atoms with E-state index in [1.165, 1.54) is 19.6 Å². The molecule has 0 saturated heterocycles. The van der Waals surface area contributed by atoms with Crippen LogP contribution in [0.3, 0.4) is 0 Å². The molecule has 0 radical (unpaired) electrons. The van der Waals surface area contributed by atoms with Gasteiger partial charge in [0, 0.05) is 0 Å². The van der Waals surface area contributed by atoms with Gasteiger partial charge in [-0.2, -0.15) is 26.3 Å². The molecule has 0 aliphatic heterocycles. The number of hydrogen-bond donors (Lipinski definition) is 3. The Morgan fingerprint density at radius 3 is 1.68 bits per heavy atom. The summed E-state index contributed by atoms with van der Waals surface area (Å²) in [6, 6.07) is 3.45. The standard InChI is InChI=1S/C9H7F6O5P.C6H15N/c10-8(11,12)7(17,9(13,14)15)21(18,19)20-6-4-2-1-3-5(6)16;1-4-7(5-2)6-3/h1-4,16-17H,(H,18,19);4-6H2,1-3H3. The van der Waals surface area contributed by atoms with E-state index in [1.54, 1.807) is 4.90 Å². The van der Waals surface area contributed by atoms with Crippen molar-refractivity contribution in [1.82, 2.24) is 0 Å². The zero-order valence-electron chi connectivity index (χ0n) is 15.3. The second-order valence-corrected chi connectivity index (χ2v) is 7.36. The summed E-state index contributed by atoms with van der Waals surface area (Å²) in [5.41, 5.74) is 0. The number of hydrogen-bond acceptors (Lipinski definition) is 5. The van der Waals surface area contributed by atoms with Crippen LogP contribution in [-0.2, 0) is 4.57 Å². The molecule has 0 bridgehead atoms. The number of nitrogens with one attached hydrogen (secondary N) is 1. The lowest BCUT2D eigenvalue weighted by Crippen LogP contribution is -3.11. The van der Waals surface area contributed by atoms with E-state index in [1.807, 2.05) is 0 Å². The summed E-state index contributed by atoms with van der Waals surface area (Å²) in [7, 11) is -7.01. The maximum absolute atomic E-state index is 12.4. The molecular weight excluding hydrogens is 419 g/mol. The highest BCUT2D eigenvalue weighted by Gasteiger charge is 2.77. The average molecular weight is 441 g/mol. The molecule has 0 aliphatic carbocycles. The Labute approximate surface area is 157 Å². The van der Waals surface area contributed by atoms with Crippen molar-refractivity contribution in [3.63, 3.8) is 0 Å². The molecule has 164 valence electrons. The monoisotopic (exact) mass is 441 g/mol. The van der Waals surface area contributed by atoms with Crippen LogP contribution in [0.25, 0.3) is 0 Å². The van der Waals surface area contributed by atoms with Gasteiger partial charge in [-0.25, -0.2) is 0 Å². The average Bonchev–Trinajstić information content (AvgIpc) is 2.56. The summed E-state index contributed by atoms with van der Waals surface area (Å²) in [5, 5.41) is 11.7. The number of phenolic OH excluding ortho intramolecular Hbond substituents is 1. The van der Waals surface area contributed by atoms with Crippen LogP contribution in [0.2, 0.25) is 0 Å². The molecule has 0 spiro atoms. The number of halogens is 6. The van der Waals surface area contributed by atoms with E-state index in [-0.39, 0.29) is 0 Å². The van der Waals surface area contributed by atoms with Crippen molar-refractivity contribution >= 4 is 7.60 Å². The molecule has 0 aromatic heterocycles. The molecule has 0 aliphatic rings. The highest BCUT2D eigenvalue weighted by molar-refractivity contribution is 7.53. The summed E-state index contributed by atoms with van der Waals surface area (Å²) < 4.78 is 89.4. The fourth-order valence-corrected chi connectivity index (χ4v) is 3.12. The molecule has 28 heavy (non-hydrogen) atoms. The van der Waals surface area contributed by atoms with Crippen LogP contribution >= 0.6 is 7.60 Å².